The monoisotopic (exact) mass is 430 g/mol. The second-order valence-electron chi connectivity index (χ2n) is 7.66. The summed E-state index contributed by atoms with van der Waals surface area (Å²) in [7, 11) is 1.69. The molecule has 0 saturated carbocycles. The summed E-state index contributed by atoms with van der Waals surface area (Å²) in [6.07, 6.45) is 0. The number of nitrogens with zero attached hydrogens (tertiary/aromatic N) is 2. The number of carbonyl (C=O) groups is 1. The molecule has 3 aromatic carbocycles. The Morgan fingerprint density at radius 2 is 1.61 bits per heavy atom. The van der Waals surface area contributed by atoms with Crippen LogP contribution in [0.15, 0.2) is 77.8 Å². The second kappa shape index (κ2) is 9.41. The van der Waals surface area contributed by atoms with Crippen molar-refractivity contribution in [1.29, 1.82) is 0 Å². The molecule has 4 rings (SSSR count). The molecule has 0 spiro atoms. The van der Waals surface area contributed by atoms with Gasteiger partial charge in [-0.25, -0.2) is 0 Å². The second-order valence-corrected chi connectivity index (χ2v) is 8.64. The lowest BCUT2D eigenvalue weighted by molar-refractivity contribution is -0.118. The number of aryl methyl sites for hydroxylation is 2. The third-order valence-corrected chi connectivity index (χ3v) is 6.58. The molecule has 0 N–H and O–H groups in total. The number of thiazole rings is 1. The van der Waals surface area contributed by atoms with Gasteiger partial charge >= 0.3 is 0 Å². The van der Waals surface area contributed by atoms with E-state index in [0.29, 0.717) is 18.0 Å². The van der Waals surface area contributed by atoms with Crippen molar-refractivity contribution in [3.05, 3.63) is 99.9 Å². The van der Waals surface area contributed by atoms with Crippen LogP contribution < -0.4 is 4.80 Å². The van der Waals surface area contributed by atoms with E-state index in [0.717, 1.165) is 21.3 Å². The van der Waals surface area contributed by atoms with Crippen molar-refractivity contribution in [2.75, 3.05) is 13.7 Å². The Bertz CT molecular complexity index is 1220. The molecule has 0 saturated heterocycles. The fourth-order valence-electron chi connectivity index (χ4n) is 3.92. The van der Waals surface area contributed by atoms with Crippen LogP contribution in [0.25, 0.3) is 10.2 Å². The molecule has 5 heteroatoms. The fourth-order valence-corrected chi connectivity index (χ4v) is 5.04. The maximum Gasteiger partial charge on any atom is 0.260 e. The van der Waals surface area contributed by atoms with Gasteiger partial charge in [0.25, 0.3) is 5.91 Å². The van der Waals surface area contributed by atoms with E-state index < -0.39 is 5.92 Å². The van der Waals surface area contributed by atoms with Crippen LogP contribution >= 0.6 is 11.3 Å². The number of carbonyl (C=O) groups excluding carboxylic acids is 1. The van der Waals surface area contributed by atoms with Crippen molar-refractivity contribution in [3.8, 4) is 0 Å². The highest BCUT2D eigenvalue weighted by Gasteiger charge is 2.23. The molecule has 1 heterocycles. The molecule has 4 aromatic rings. The minimum Gasteiger partial charge on any atom is -0.383 e. The molecule has 0 fully saturated rings. The SMILES string of the molecule is COCCn1c(=NC(=O)C(c2ccccc2)c2ccccc2)sc2c(C)cc(C)cc21. The van der Waals surface area contributed by atoms with Gasteiger partial charge in [-0.3, -0.25) is 4.79 Å². The minimum atomic E-state index is -0.439. The largest absolute Gasteiger partial charge is 0.383 e. The summed E-state index contributed by atoms with van der Waals surface area (Å²) < 4.78 is 8.59. The van der Waals surface area contributed by atoms with E-state index in [1.807, 2.05) is 60.7 Å². The van der Waals surface area contributed by atoms with Gasteiger partial charge in [0.2, 0.25) is 0 Å². The normalized spacial score (nSPS) is 12.1. The highest BCUT2D eigenvalue weighted by molar-refractivity contribution is 7.16. The first kappa shape index (κ1) is 21.2. The molecule has 0 unspecified atom stereocenters. The van der Waals surface area contributed by atoms with Crippen LogP contribution in [0.4, 0.5) is 0 Å². The van der Waals surface area contributed by atoms with Gasteiger partial charge in [0, 0.05) is 13.7 Å². The maximum absolute atomic E-state index is 13.6. The van der Waals surface area contributed by atoms with E-state index >= 15 is 0 Å². The quantitative estimate of drug-likeness (QED) is 0.421. The van der Waals surface area contributed by atoms with Gasteiger partial charge in [0.1, 0.15) is 0 Å². The summed E-state index contributed by atoms with van der Waals surface area (Å²) in [5.74, 6) is -0.601. The van der Waals surface area contributed by atoms with Crippen molar-refractivity contribution < 1.29 is 9.53 Å². The number of methoxy groups -OCH3 is 1. The van der Waals surface area contributed by atoms with Crippen molar-refractivity contribution in [3.63, 3.8) is 0 Å². The van der Waals surface area contributed by atoms with Crippen LogP contribution in [0, 0.1) is 13.8 Å². The summed E-state index contributed by atoms with van der Waals surface area (Å²) in [4.78, 5) is 18.9. The van der Waals surface area contributed by atoms with Crippen LogP contribution in [0.1, 0.15) is 28.2 Å². The van der Waals surface area contributed by atoms with Crippen LogP contribution in [-0.4, -0.2) is 24.2 Å². The summed E-state index contributed by atoms with van der Waals surface area (Å²) in [5, 5.41) is 0. The van der Waals surface area contributed by atoms with Crippen LogP contribution in [0.5, 0.6) is 0 Å². The maximum atomic E-state index is 13.6. The van der Waals surface area contributed by atoms with Crippen molar-refractivity contribution >= 4 is 27.5 Å². The van der Waals surface area contributed by atoms with Crippen LogP contribution in [-0.2, 0) is 16.1 Å². The van der Waals surface area contributed by atoms with Crippen LogP contribution in [0.3, 0.4) is 0 Å². The molecule has 0 aliphatic rings. The molecular formula is C26H26N2O2S. The molecule has 4 nitrogen and oxygen atoms in total. The number of amides is 1. The molecule has 0 atom stereocenters. The Labute approximate surface area is 186 Å². The summed E-state index contributed by atoms with van der Waals surface area (Å²) in [6.45, 7) is 5.40. The minimum absolute atomic E-state index is 0.163. The zero-order valence-electron chi connectivity index (χ0n) is 18.0. The zero-order valence-corrected chi connectivity index (χ0v) is 18.9. The number of hydrogen-bond acceptors (Lipinski definition) is 3. The molecule has 0 aliphatic carbocycles. The van der Waals surface area contributed by atoms with E-state index in [2.05, 4.69) is 35.5 Å². The number of benzene rings is 3. The molecule has 1 aromatic heterocycles. The molecular weight excluding hydrogens is 404 g/mol. The first-order valence-corrected chi connectivity index (χ1v) is 11.2. The van der Waals surface area contributed by atoms with E-state index in [4.69, 9.17) is 4.74 Å². The van der Waals surface area contributed by atoms with E-state index in [1.165, 1.54) is 11.1 Å². The third kappa shape index (κ3) is 4.53. The Kier molecular flexibility index (Phi) is 6.44. The van der Waals surface area contributed by atoms with Crippen LogP contribution in [0.2, 0.25) is 0 Å². The average molecular weight is 431 g/mol. The zero-order chi connectivity index (χ0) is 21.8. The smallest absolute Gasteiger partial charge is 0.260 e. The van der Waals surface area contributed by atoms with Gasteiger partial charge in [-0.15, -0.1) is 0 Å². The number of rotatable bonds is 6. The van der Waals surface area contributed by atoms with Gasteiger partial charge in [-0.1, -0.05) is 78.1 Å². The Balaban J connectivity index is 1.87. The molecule has 31 heavy (non-hydrogen) atoms. The van der Waals surface area contributed by atoms with Crippen molar-refractivity contribution in [2.45, 2.75) is 26.3 Å². The Hall–Kier alpha value is -3.02. The summed E-state index contributed by atoms with van der Waals surface area (Å²) >= 11 is 1.57. The van der Waals surface area contributed by atoms with Crippen molar-refractivity contribution in [2.24, 2.45) is 4.99 Å². The number of aromatic nitrogens is 1. The summed E-state index contributed by atoms with van der Waals surface area (Å²) in [5.41, 5.74) is 5.38. The topological polar surface area (TPSA) is 43.6 Å². The van der Waals surface area contributed by atoms with Gasteiger partial charge < -0.3 is 9.30 Å². The number of ether oxygens (including phenoxy) is 1. The lowest BCUT2D eigenvalue weighted by atomic mass is 9.91. The highest BCUT2D eigenvalue weighted by Crippen LogP contribution is 2.27. The van der Waals surface area contributed by atoms with Gasteiger partial charge in [-0.2, -0.15) is 4.99 Å². The molecule has 0 radical (unpaired) electrons. The van der Waals surface area contributed by atoms with Gasteiger partial charge in [0.05, 0.1) is 22.7 Å². The molecule has 158 valence electrons. The summed E-state index contributed by atoms with van der Waals surface area (Å²) in [6, 6.07) is 24.0. The number of fused-ring (bicyclic) bond motifs is 1. The van der Waals surface area contributed by atoms with E-state index in [1.54, 1.807) is 18.4 Å². The molecule has 1 amide bonds. The average Bonchev–Trinajstić information content (AvgIpc) is 3.11. The first-order valence-electron chi connectivity index (χ1n) is 10.4. The predicted molar refractivity (Wildman–Crippen MR) is 126 cm³/mol. The van der Waals surface area contributed by atoms with E-state index in [9.17, 15) is 4.79 Å². The first-order chi connectivity index (χ1) is 15.1. The standard InChI is InChI=1S/C26H26N2O2S/c1-18-16-19(2)24-22(17-18)28(14-15-30-3)26(31-24)27-25(29)23(20-10-6-4-7-11-20)21-12-8-5-9-13-21/h4-13,16-17,23H,14-15H2,1-3H3. The van der Waals surface area contributed by atoms with Gasteiger partial charge in [-0.05, 0) is 42.2 Å². The fraction of sp³-hybridized carbons (Fsp3) is 0.231. The van der Waals surface area contributed by atoms with Gasteiger partial charge in [0.15, 0.2) is 4.80 Å². The predicted octanol–water partition coefficient (Wildman–Crippen LogP) is 5.23. The third-order valence-electron chi connectivity index (χ3n) is 5.35. The Morgan fingerprint density at radius 3 is 2.19 bits per heavy atom. The molecule has 0 aliphatic heterocycles. The lowest BCUT2D eigenvalue weighted by Gasteiger charge is -2.14. The number of hydrogen-bond donors (Lipinski definition) is 0. The molecule has 0 bridgehead atoms. The van der Waals surface area contributed by atoms with E-state index in [-0.39, 0.29) is 5.91 Å². The highest BCUT2D eigenvalue weighted by atomic mass is 32.1. The van der Waals surface area contributed by atoms with Crippen molar-refractivity contribution in [1.82, 2.24) is 4.57 Å². The lowest BCUT2D eigenvalue weighted by Crippen LogP contribution is -2.22. The Morgan fingerprint density at radius 1 is 1.00 bits per heavy atom.